The van der Waals surface area contributed by atoms with Crippen LogP contribution < -0.4 is 9.47 Å². The van der Waals surface area contributed by atoms with Gasteiger partial charge < -0.3 is 9.47 Å². The summed E-state index contributed by atoms with van der Waals surface area (Å²) in [6.45, 7) is 0. The second kappa shape index (κ2) is 5.62. The molecule has 2 aromatic carbocycles. The van der Waals surface area contributed by atoms with Gasteiger partial charge in [0.1, 0.15) is 11.5 Å². The minimum atomic E-state index is 0.494. The van der Waals surface area contributed by atoms with Crippen LogP contribution in [-0.2, 0) is 0 Å². The molecule has 2 nitrogen and oxygen atoms in total. The van der Waals surface area contributed by atoms with E-state index in [0.717, 1.165) is 11.5 Å². The summed E-state index contributed by atoms with van der Waals surface area (Å²) in [5, 5.41) is 0. The second-order valence-corrected chi connectivity index (χ2v) is 6.09. The third kappa shape index (κ3) is 2.26. The molecular weight excluding hydrogens is 284 g/mol. The van der Waals surface area contributed by atoms with Gasteiger partial charge in [0.05, 0.1) is 14.2 Å². The molecule has 0 aromatic heterocycles. The van der Waals surface area contributed by atoms with E-state index in [1.54, 1.807) is 14.2 Å². The fraction of sp³-hybridized carbons (Fsp3) is 0.238. The average Bonchev–Trinajstić information content (AvgIpc) is 3.23. The van der Waals surface area contributed by atoms with Crippen molar-refractivity contribution in [2.45, 2.75) is 6.42 Å². The molecule has 2 aliphatic rings. The van der Waals surface area contributed by atoms with Gasteiger partial charge in [-0.2, -0.15) is 0 Å². The highest BCUT2D eigenvalue weighted by Gasteiger charge is 2.37. The number of allylic oxidation sites excluding steroid dienone is 4. The summed E-state index contributed by atoms with van der Waals surface area (Å²) in [5.41, 5.74) is 5.35. The Morgan fingerprint density at radius 1 is 0.783 bits per heavy atom. The molecule has 2 heteroatoms. The van der Waals surface area contributed by atoms with E-state index in [4.69, 9.17) is 9.47 Å². The third-order valence-electron chi connectivity index (χ3n) is 4.91. The first-order valence-corrected chi connectivity index (χ1v) is 8.02. The third-order valence-corrected chi connectivity index (χ3v) is 4.91. The maximum absolute atomic E-state index is 5.61. The standard InChI is InChI=1S/C21H20O2/c1-22-17-11-9-14(10-12-17)20-15-7-8-16(13-15)21(20)18-5-3-4-6-19(18)23-2/h3-12,15-16H,13H2,1-2H3/t15-,16+/m1/s1. The van der Waals surface area contributed by atoms with Crippen molar-refractivity contribution < 1.29 is 9.47 Å². The lowest BCUT2D eigenvalue weighted by Crippen LogP contribution is -2.00. The van der Waals surface area contributed by atoms with Gasteiger partial charge in [0.15, 0.2) is 0 Å². The summed E-state index contributed by atoms with van der Waals surface area (Å²) >= 11 is 0. The van der Waals surface area contributed by atoms with E-state index < -0.39 is 0 Å². The molecule has 116 valence electrons. The number of fused-ring (bicyclic) bond motifs is 2. The fourth-order valence-electron chi connectivity index (χ4n) is 3.88. The van der Waals surface area contributed by atoms with Crippen LogP contribution in [0.15, 0.2) is 60.7 Å². The minimum absolute atomic E-state index is 0.494. The lowest BCUT2D eigenvalue weighted by molar-refractivity contribution is 0.413. The minimum Gasteiger partial charge on any atom is -0.497 e. The highest BCUT2D eigenvalue weighted by molar-refractivity contribution is 5.99. The Balaban J connectivity index is 1.87. The van der Waals surface area contributed by atoms with E-state index in [9.17, 15) is 0 Å². The summed E-state index contributed by atoms with van der Waals surface area (Å²) in [6.07, 6.45) is 5.87. The van der Waals surface area contributed by atoms with Crippen LogP contribution in [0.4, 0.5) is 0 Å². The lowest BCUT2D eigenvalue weighted by Gasteiger charge is -2.19. The van der Waals surface area contributed by atoms with Gasteiger partial charge in [-0.05, 0) is 41.3 Å². The van der Waals surface area contributed by atoms with E-state index >= 15 is 0 Å². The molecule has 0 fully saturated rings. The zero-order valence-electron chi connectivity index (χ0n) is 13.5. The summed E-state index contributed by atoms with van der Waals surface area (Å²) in [5.74, 6) is 2.85. The van der Waals surface area contributed by atoms with Crippen molar-refractivity contribution in [1.29, 1.82) is 0 Å². The first-order valence-electron chi connectivity index (χ1n) is 8.02. The maximum atomic E-state index is 5.61. The molecule has 2 bridgehead atoms. The van der Waals surface area contributed by atoms with Crippen molar-refractivity contribution >= 4 is 11.1 Å². The van der Waals surface area contributed by atoms with E-state index in [1.807, 2.05) is 24.3 Å². The Hall–Kier alpha value is -2.48. The molecule has 2 aliphatic carbocycles. The molecule has 0 heterocycles. The summed E-state index contributed by atoms with van der Waals surface area (Å²) < 4.78 is 10.9. The van der Waals surface area contributed by atoms with Crippen LogP contribution in [0.3, 0.4) is 0 Å². The number of hydrogen-bond acceptors (Lipinski definition) is 2. The molecule has 0 N–H and O–H groups in total. The van der Waals surface area contributed by atoms with Gasteiger partial charge in [0, 0.05) is 17.4 Å². The Morgan fingerprint density at radius 3 is 2.17 bits per heavy atom. The molecule has 0 saturated heterocycles. The Kier molecular flexibility index (Phi) is 3.45. The zero-order valence-corrected chi connectivity index (χ0v) is 13.5. The van der Waals surface area contributed by atoms with Crippen LogP contribution in [0.5, 0.6) is 11.5 Å². The fourth-order valence-corrected chi connectivity index (χ4v) is 3.88. The summed E-state index contributed by atoms with van der Waals surface area (Å²) in [4.78, 5) is 0. The van der Waals surface area contributed by atoms with Crippen LogP contribution in [0.25, 0.3) is 11.1 Å². The zero-order chi connectivity index (χ0) is 15.8. The smallest absolute Gasteiger partial charge is 0.126 e. The van der Waals surface area contributed by atoms with E-state index in [2.05, 4.69) is 36.4 Å². The van der Waals surface area contributed by atoms with Crippen molar-refractivity contribution in [2.75, 3.05) is 14.2 Å². The van der Waals surface area contributed by atoms with Gasteiger partial charge in [0.2, 0.25) is 0 Å². The molecule has 23 heavy (non-hydrogen) atoms. The van der Waals surface area contributed by atoms with Crippen LogP contribution in [0.1, 0.15) is 17.5 Å². The number of hydrogen-bond donors (Lipinski definition) is 0. The van der Waals surface area contributed by atoms with Gasteiger partial charge in [-0.3, -0.25) is 0 Å². The average molecular weight is 304 g/mol. The number of ether oxygens (including phenoxy) is 2. The molecule has 2 aromatic rings. The monoisotopic (exact) mass is 304 g/mol. The highest BCUT2D eigenvalue weighted by atomic mass is 16.5. The topological polar surface area (TPSA) is 18.5 Å². The van der Waals surface area contributed by atoms with E-state index in [-0.39, 0.29) is 0 Å². The molecule has 0 aliphatic heterocycles. The number of para-hydroxylation sites is 1. The van der Waals surface area contributed by atoms with Gasteiger partial charge in [-0.15, -0.1) is 0 Å². The summed E-state index contributed by atoms with van der Waals surface area (Å²) in [6, 6.07) is 16.7. The van der Waals surface area contributed by atoms with Gasteiger partial charge in [-0.25, -0.2) is 0 Å². The molecule has 0 saturated carbocycles. The van der Waals surface area contributed by atoms with Crippen molar-refractivity contribution in [2.24, 2.45) is 11.8 Å². The lowest BCUT2D eigenvalue weighted by atomic mass is 9.87. The van der Waals surface area contributed by atoms with Crippen LogP contribution in [0.2, 0.25) is 0 Å². The first-order chi connectivity index (χ1) is 11.3. The Bertz CT molecular complexity index is 784. The van der Waals surface area contributed by atoms with Gasteiger partial charge >= 0.3 is 0 Å². The SMILES string of the molecule is COc1ccc(C2=C(c3ccccc3OC)[C@H]3C=C[C@@H]2C3)cc1. The van der Waals surface area contributed by atoms with Crippen LogP contribution >= 0.6 is 0 Å². The Morgan fingerprint density at radius 2 is 1.48 bits per heavy atom. The predicted octanol–water partition coefficient (Wildman–Crippen LogP) is 4.82. The second-order valence-electron chi connectivity index (χ2n) is 6.09. The van der Waals surface area contributed by atoms with E-state index in [0.29, 0.717) is 11.8 Å². The maximum Gasteiger partial charge on any atom is 0.126 e. The molecule has 0 radical (unpaired) electrons. The van der Waals surface area contributed by atoms with Crippen LogP contribution in [0, 0.1) is 11.8 Å². The normalized spacial score (nSPS) is 21.8. The molecule has 0 amide bonds. The molecular formula is C21H20O2. The van der Waals surface area contributed by atoms with Gasteiger partial charge in [-0.1, -0.05) is 42.5 Å². The molecule has 0 unspecified atom stereocenters. The summed E-state index contributed by atoms with van der Waals surface area (Å²) in [7, 11) is 3.45. The van der Waals surface area contributed by atoms with Crippen molar-refractivity contribution in [1.82, 2.24) is 0 Å². The first kappa shape index (κ1) is 14.1. The van der Waals surface area contributed by atoms with E-state index in [1.165, 1.54) is 28.7 Å². The van der Waals surface area contributed by atoms with Crippen molar-refractivity contribution in [3.63, 3.8) is 0 Å². The largest absolute Gasteiger partial charge is 0.497 e. The molecule has 0 spiro atoms. The number of rotatable bonds is 4. The van der Waals surface area contributed by atoms with Crippen molar-refractivity contribution in [3.05, 3.63) is 71.8 Å². The molecule has 4 rings (SSSR count). The number of methoxy groups -OCH3 is 2. The van der Waals surface area contributed by atoms with Gasteiger partial charge in [0.25, 0.3) is 0 Å². The van der Waals surface area contributed by atoms with Crippen LogP contribution in [-0.4, -0.2) is 14.2 Å². The number of benzene rings is 2. The predicted molar refractivity (Wildman–Crippen MR) is 93.5 cm³/mol. The molecule has 2 atom stereocenters. The van der Waals surface area contributed by atoms with Crippen molar-refractivity contribution in [3.8, 4) is 11.5 Å². The Labute approximate surface area is 137 Å². The highest BCUT2D eigenvalue weighted by Crippen LogP contribution is 2.53. The quantitative estimate of drug-likeness (QED) is 0.754.